The molecule has 0 aliphatic carbocycles. The lowest BCUT2D eigenvalue weighted by Crippen LogP contribution is -2.50. The average Bonchev–Trinajstić information content (AvgIpc) is 3.05. The lowest BCUT2D eigenvalue weighted by molar-refractivity contribution is -0.0551. The maximum absolute atomic E-state index is 8.31. The van der Waals surface area contributed by atoms with Crippen molar-refractivity contribution in [1.82, 2.24) is 9.80 Å². The Morgan fingerprint density at radius 1 is 1.30 bits per heavy atom. The zero-order valence-corrected chi connectivity index (χ0v) is 11.7. The van der Waals surface area contributed by atoms with Gasteiger partial charge in [0, 0.05) is 31.2 Å². The van der Waals surface area contributed by atoms with Crippen LogP contribution in [0.4, 0.5) is 0 Å². The number of fused-ring (bicyclic) bond motifs is 2. The molecule has 4 rings (SSSR count). The molecule has 2 saturated heterocycles. The second-order valence-electron chi connectivity index (χ2n) is 6.13. The van der Waals surface area contributed by atoms with Crippen LogP contribution in [0.3, 0.4) is 0 Å². The average molecular weight is 271 g/mol. The van der Waals surface area contributed by atoms with Crippen LogP contribution in [0.1, 0.15) is 24.0 Å². The smallest absolute Gasteiger partial charge is 0.128 e. The molecule has 0 saturated carbocycles. The van der Waals surface area contributed by atoms with Gasteiger partial charge in [-0.15, -0.1) is 0 Å². The zero-order chi connectivity index (χ0) is 13.5. The third-order valence-corrected chi connectivity index (χ3v) is 4.84. The van der Waals surface area contributed by atoms with Crippen molar-refractivity contribution in [3.63, 3.8) is 0 Å². The molecule has 0 radical (unpaired) electrons. The van der Waals surface area contributed by atoms with Crippen LogP contribution in [0.25, 0.3) is 0 Å². The number of hydrogen-bond acceptors (Lipinski definition) is 3. The minimum Gasteiger partial charge on any atom is -0.373 e. The molecule has 4 nitrogen and oxygen atoms in total. The van der Waals surface area contributed by atoms with Crippen molar-refractivity contribution in [3.8, 4) is 0 Å². The van der Waals surface area contributed by atoms with Gasteiger partial charge >= 0.3 is 0 Å². The van der Waals surface area contributed by atoms with Gasteiger partial charge in [0.1, 0.15) is 5.84 Å². The number of amidine groups is 1. The number of hydrogen-bond donors (Lipinski definition) is 1. The van der Waals surface area contributed by atoms with Crippen LogP contribution in [-0.2, 0) is 11.3 Å². The van der Waals surface area contributed by atoms with E-state index in [1.807, 2.05) is 6.07 Å². The maximum atomic E-state index is 8.31. The van der Waals surface area contributed by atoms with E-state index in [1.165, 1.54) is 24.9 Å². The normalized spacial score (nSPS) is 29.6. The molecule has 1 N–H and O–H groups in total. The van der Waals surface area contributed by atoms with E-state index in [4.69, 9.17) is 10.1 Å². The fourth-order valence-electron chi connectivity index (χ4n) is 3.74. The van der Waals surface area contributed by atoms with Crippen LogP contribution < -0.4 is 0 Å². The lowest BCUT2D eigenvalue weighted by atomic mass is 10.1. The van der Waals surface area contributed by atoms with Gasteiger partial charge in [0.2, 0.25) is 0 Å². The van der Waals surface area contributed by atoms with Crippen molar-refractivity contribution in [1.29, 1.82) is 5.41 Å². The van der Waals surface area contributed by atoms with E-state index < -0.39 is 0 Å². The van der Waals surface area contributed by atoms with Crippen LogP contribution >= 0.6 is 0 Å². The molecule has 3 aliphatic rings. The fraction of sp³-hybridized carbons (Fsp3) is 0.562. The lowest BCUT2D eigenvalue weighted by Gasteiger charge is -2.37. The van der Waals surface area contributed by atoms with E-state index >= 15 is 0 Å². The molecule has 0 amide bonds. The SMILES string of the molecule is N=C1c2ccccc2CN1CC1CN2CCCC2CO1. The van der Waals surface area contributed by atoms with Gasteiger partial charge in [0.05, 0.1) is 12.7 Å². The zero-order valence-electron chi connectivity index (χ0n) is 11.7. The Morgan fingerprint density at radius 2 is 2.20 bits per heavy atom. The van der Waals surface area contributed by atoms with Gasteiger partial charge in [-0.25, -0.2) is 0 Å². The second kappa shape index (κ2) is 4.86. The summed E-state index contributed by atoms with van der Waals surface area (Å²) in [6.45, 7) is 4.83. The van der Waals surface area contributed by atoms with Crippen LogP contribution in [0, 0.1) is 5.41 Å². The summed E-state index contributed by atoms with van der Waals surface area (Å²) >= 11 is 0. The predicted molar refractivity (Wildman–Crippen MR) is 78.0 cm³/mol. The first-order chi connectivity index (χ1) is 9.81. The molecule has 3 heterocycles. The van der Waals surface area contributed by atoms with Gasteiger partial charge in [-0.3, -0.25) is 10.3 Å². The molecule has 0 bridgehead atoms. The van der Waals surface area contributed by atoms with Crippen LogP contribution in [0.2, 0.25) is 0 Å². The summed E-state index contributed by atoms with van der Waals surface area (Å²) in [6, 6.07) is 8.91. The maximum Gasteiger partial charge on any atom is 0.128 e. The van der Waals surface area contributed by atoms with Crippen molar-refractivity contribution in [2.24, 2.45) is 0 Å². The summed E-state index contributed by atoms with van der Waals surface area (Å²) in [6.07, 6.45) is 2.85. The number of nitrogens with zero attached hydrogens (tertiary/aromatic N) is 2. The molecule has 0 spiro atoms. The number of benzene rings is 1. The fourth-order valence-corrected chi connectivity index (χ4v) is 3.74. The van der Waals surface area contributed by atoms with Crippen molar-refractivity contribution in [3.05, 3.63) is 35.4 Å². The Balaban J connectivity index is 1.42. The van der Waals surface area contributed by atoms with Crippen LogP contribution in [0.15, 0.2) is 24.3 Å². The second-order valence-corrected chi connectivity index (χ2v) is 6.13. The first-order valence-corrected chi connectivity index (χ1v) is 7.58. The monoisotopic (exact) mass is 271 g/mol. The van der Waals surface area contributed by atoms with Gasteiger partial charge in [-0.1, -0.05) is 24.3 Å². The summed E-state index contributed by atoms with van der Waals surface area (Å²) in [4.78, 5) is 4.73. The molecule has 1 aromatic carbocycles. The minimum absolute atomic E-state index is 0.249. The first kappa shape index (κ1) is 12.4. The molecule has 4 heteroatoms. The molecule has 0 aromatic heterocycles. The Labute approximate surface area is 119 Å². The highest BCUT2D eigenvalue weighted by Gasteiger charge is 2.34. The molecule has 2 atom stereocenters. The van der Waals surface area contributed by atoms with Crippen molar-refractivity contribution in [2.75, 3.05) is 26.2 Å². The number of ether oxygens (including phenoxy) is 1. The summed E-state index contributed by atoms with van der Waals surface area (Å²) < 4.78 is 6.02. The molecule has 20 heavy (non-hydrogen) atoms. The standard InChI is InChI=1S/C16H21N3O/c17-16-15-6-2-1-4-12(15)8-19(16)10-14-9-18-7-3-5-13(18)11-20-14/h1-2,4,6,13-14,17H,3,5,7-11H2. The third kappa shape index (κ3) is 2.03. The molecular weight excluding hydrogens is 250 g/mol. The highest BCUT2D eigenvalue weighted by atomic mass is 16.5. The Kier molecular flexibility index (Phi) is 3.00. The topological polar surface area (TPSA) is 39.6 Å². The molecule has 106 valence electrons. The van der Waals surface area contributed by atoms with E-state index in [0.29, 0.717) is 11.9 Å². The van der Waals surface area contributed by atoms with Crippen molar-refractivity contribution < 1.29 is 4.74 Å². The first-order valence-electron chi connectivity index (χ1n) is 7.58. The predicted octanol–water partition coefficient (Wildman–Crippen LogP) is 1.69. The minimum atomic E-state index is 0.249. The van der Waals surface area contributed by atoms with E-state index in [2.05, 4.69) is 28.0 Å². The Morgan fingerprint density at radius 3 is 3.10 bits per heavy atom. The summed E-state index contributed by atoms with van der Waals surface area (Å²) in [5, 5.41) is 8.31. The van der Waals surface area contributed by atoms with E-state index in [9.17, 15) is 0 Å². The summed E-state index contributed by atoms with van der Waals surface area (Å²) in [5.74, 6) is 0.660. The quantitative estimate of drug-likeness (QED) is 0.890. The van der Waals surface area contributed by atoms with Gasteiger partial charge in [-0.05, 0) is 24.9 Å². The van der Waals surface area contributed by atoms with Crippen molar-refractivity contribution in [2.45, 2.75) is 31.5 Å². The number of morpholine rings is 1. The highest BCUT2D eigenvalue weighted by Crippen LogP contribution is 2.26. The Hall–Kier alpha value is -1.39. The largest absolute Gasteiger partial charge is 0.373 e. The highest BCUT2D eigenvalue weighted by molar-refractivity contribution is 6.00. The van der Waals surface area contributed by atoms with E-state index in [1.54, 1.807) is 0 Å². The molecular formula is C16H21N3O. The van der Waals surface area contributed by atoms with E-state index in [-0.39, 0.29) is 6.10 Å². The van der Waals surface area contributed by atoms with E-state index in [0.717, 1.165) is 31.8 Å². The Bertz CT molecular complexity index is 530. The molecule has 2 fully saturated rings. The number of nitrogens with one attached hydrogen (secondary N) is 1. The number of rotatable bonds is 2. The van der Waals surface area contributed by atoms with Gasteiger partial charge in [0.25, 0.3) is 0 Å². The molecule has 1 aromatic rings. The van der Waals surface area contributed by atoms with Gasteiger partial charge in [-0.2, -0.15) is 0 Å². The van der Waals surface area contributed by atoms with Crippen LogP contribution in [-0.4, -0.2) is 54.0 Å². The van der Waals surface area contributed by atoms with Crippen molar-refractivity contribution >= 4 is 5.84 Å². The third-order valence-electron chi connectivity index (χ3n) is 4.84. The molecule has 2 unspecified atom stereocenters. The molecule has 3 aliphatic heterocycles. The summed E-state index contributed by atoms with van der Waals surface area (Å²) in [7, 11) is 0. The van der Waals surface area contributed by atoms with Gasteiger partial charge in [0.15, 0.2) is 0 Å². The summed E-state index contributed by atoms with van der Waals surface area (Å²) in [5.41, 5.74) is 2.36. The van der Waals surface area contributed by atoms with Crippen LogP contribution in [0.5, 0.6) is 0 Å². The van der Waals surface area contributed by atoms with Gasteiger partial charge < -0.3 is 9.64 Å².